The van der Waals surface area contributed by atoms with Gasteiger partial charge in [-0.2, -0.15) is 0 Å². The Bertz CT molecular complexity index is 304. The molecule has 1 aromatic heterocycles. The molecule has 0 aliphatic rings. The van der Waals surface area contributed by atoms with Crippen LogP contribution in [0.3, 0.4) is 0 Å². The molecule has 0 saturated carbocycles. The molecule has 84 valence electrons. The largest absolute Gasteiger partial charge is 0.390 e. The van der Waals surface area contributed by atoms with E-state index in [1.165, 1.54) is 0 Å². The molecule has 0 radical (unpaired) electrons. The molecule has 0 fully saturated rings. The molecule has 2 unspecified atom stereocenters. The highest BCUT2D eigenvalue weighted by molar-refractivity contribution is 5.19. The fraction of sp³-hybridized carbons (Fsp3) is 0.545. The molecule has 0 saturated heterocycles. The van der Waals surface area contributed by atoms with E-state index >= 15 is 0 Å². The minimum Gasteiger partial charge on any atom is -0.390 e. The first kappa shape index (κ1) is 12.1. The van der Waals surface area contributed by atoms with Gasteiger partial charge in [0.1, 0.15) is 6.10 Å². The summed E-state index contributed by atoms with van der Waals surface area (Å²) < 4.78 is 0. The first-order valence-corrected chi connectivity index (χ1v) is 5.07. The molecule has 0 bridgehead atoms. The molecule has 1 aromatic rings. The molecule has 4 nitrogen and oxygen atoms in total. The molecule has 0 aliphatic carbocycles. The third kappa shape index (κ3) is 3.58. The van der Waals surface area contributed by atoms with Gasteiger partial charge >= 0.3 is 0 Å². The normalized spacial score (nSPS) is 14.9. The summed E-state index contributed by atoms with van der Waals surface area (Å²) in [5.74, 6) is 0. The lowest BCUT2D eigenvalue weighted by molar-refractivity contribution is 0.0138. The van der Waals surface area contributed by atoms with Gasteiger partial charge in [0.2, 0.25) is 0 Å². The van der Waals surface area contributed by atoms with E-state index in [1.807, 2.05) is 20.0 Å². The minimum absolute atomic E-state index is 0.519. The molecule has 0 spiro atoms. The summed E-state index contributed by atoms with van der Waals surface area (Å²) in [5.41, 5.74) is 1.64. The average Bonchev–Trinajstić information content (AvgIpc) is 2.24. The van der Waals surface area contributed by atoms with Gasteiger partial charge in [-0.15, -0.1) is 0 Å². The lowest BCUT2D eigenvalue weighted by Crippen LogP contribution is -2.23. The Morgan fingerprint density at radius 3 is 2.73 bits per heavy atom. The number of aryl methyl sites for hydroxylation is 1. The van der Waals surface area contributed by atoms with Gasteiger partial charge in [-0.3, -0.25) is 4.98 Å². The number of rotatable bonds is 5. The van der Waals surface area contributed by atoms with Gasteiger partial charge in [0.25, 0.3) is 0 Å². The predicted molar refractivity (Wildman–Crippen MR) is 58.5 cm³/mol. The number of nitrogens with zero attached hydrogens (tertiary/aromatic N) is 1. The van der Waals surface area contributed by atoms with Crippen LogP contribution in [0.5, 0.6) is 0 Å². The quantitative estimate of drug-likeness (QED) is 0.658. The Morgan fingerprint density at radius 1 is 1.40 bits per heavy atom. The van der Waals surface area contributed by atoms with Crippen LogP contribution in [0.1, 0.15) is 23.7 Å². The van der Waals surface area contributed by atoms with Crippen LogP contribution >= 0.6 is 0 Å². The van der Waals surface area contributed by atoms with Crippen LogP contribution in [0.4, 0.5) is 0 Å². The molecule has 3 N–H and O–H groups in total. The second-order valence-corrected chi connectivity index (χ2v) is 3.70. The predicted octanol–water partition coefficient (Wildman–Crippen LogP) is 0.394. The summed E-state index contributed by atoms with van der Waals surface area (Å²) in [6, 6.07) is 1.83. The highest BCUT2D eigenvalue weighted by atomic mass is 16.3. The molecular weight excluding hydrogens is 192 g/mol. The zero-order valence-corrected chi connectivity index (χ0v) is 9.14. The summed E-state index contributed by atoms with van der Waals surface area (Å²) >= 11 is 0. The number of aromatic nitrogens is 1. The van der Waals surface area contributed by atoms with Crippen molar-refractivity contribution in [1.29, 1.82) is 0 Å². The zero-order valence-electron chi connectivity index (χ0n) is 9.14. The fourth-order valence-corrected chi connectivity index (χ4v) is 1.41. The van der Waals surface area contributed by atoms with Crippen LogP contribution in [-0.2, 0) is 0 Å². The highest BCUT2D eigenvalue weighted by Gasteiger charge is 2.17. The summed E-state index contributed by atoms with van der Waals surface area (Å²) in [6.07, 6.45) is 2.22. The van der Waals surface area contributed by atoms with Crippen LogP contribution in [0.15, 0.2) is 18.5 Å². The van der Waals surface area contributed by atoms with Crippen LogP contribution in [0, 0.1) is 6.92 Å². The molecule has 0 amide bonds. The van der Waals surface area contributed by atoms with Gasteiger partial charge < -0.3 is 15.5 Å². The van der Waals surface area contributed by atoms with E-state index in [-0.39, 0.29) is 0 Å². The fourth-order valence-electron chi connectivity index (χ4n) is 1.41. The van der Waals surface area contributed by atoms with Gasteiger partial charge in [0, 0.05) is 18.0 Å². The number of hydrogen-bond donors (Lipinski definition) is 3. The summed E-state index contributed by atoms with van der Waals surface area (Å²) in [7, 11) is 1.81. The Hall–Kier alpha value is -0.970. The molecule has 0 aromatic carbocycles. The topological polar surface area (TPSA) is 65.4 Å². The van der Waals surface area contributed by atoms with Crippen LogP contribution < -0.4 is 5.32 Å². The van der Waals surface area contributed by atoms with Crippen molar-refractivity contribution < 1.29 is 10.2 Å². The third-order valence-corrected chi connectivity index (χ3v) is 2.29. The Labute approximate surface area is 90.0 Å². The monoisotopic (exact) mass is 210 g/mol. The number of aliphatic hydroxyl groups excluding tert-OH is 2. The molecule has 4 heteroatoms. The molecular formula is C11H18N2O2. The molecule has 2 atom stereocenters. The van der Waals surface area contributed by atoms with E-state index in [0.29, 0.717) is 18.5 Å². The van der Waals surface area contributed by atoms with Gasteiger partial charge in [-0.05, 0) is 32.5 Å². The second kappa shape index (κ2) is 5.80. The van der Waals surface area contributed by atoms with Crippen molar-refractivity contribution in [1.82, 2.24) is 10.3 Å². The van der Waals surface area contributed by atoms with E-state index < -0.39 is 12.2 Å². The van der Waals surface area contributed by atoms with Gasteiger partial charge in [-0.1, -0.05) is 6.07 Å². The van der Waals surface area contributed by atoms with E-state index in [9.17, 15) is 10.2 Å². The first-order chi connectivity index (χ1) is 7.15. The standard InChI is InChI=1S/C11H18N2O2/c1-8-5-9(7-13-6-8)11(15)10(14)3-4-12-2/h5-7,10-12,14-15H,3-4H2,1-2H3. The number of aliphatic hydroxyl groups is 2. The first-order valence-electron chi connectivity index (χ1n) is 5.07. The van der Waals surface area contributed by atoms with Crippen LogP contribution in [-0.4, -0.2) is 34.9 Å². The molecule has 15 heavy (non-hydrogen) atoms. The van der Waals surface area contributed by atoms with Crippen molar-refractivity contribution >= 4 is 0 Å². The van der Waals surface area contributed by atoms with E-state index in [2.05, 4.69) is 10.3 Å². The van der Waals surface area contributed by atoms with Crippen molar-refractivity contribution in [3.05, 3.63) is 29.6 Å². The Balaban J connectivity index is 2.62. The third-order valence-electron chi connectivity index (χ3n) is 2.29. The maximum absolute atomic E-state index is 9.82. The maximum Gasteiger partial charge on any atom is 0.106 e. The SMILES string of the molecule is CNCCC(O)C(O)c1cncc(C)c1. The Kier molecular flexibility index (Phi) is 4.68. The van der Waals surface area contributed by atoms with E-state index in [1.54, 1.807) is 12.4 Å². The lowest BCUT2D eigenvalue weighted by Gasteiger charge is -2.17. The molecule has 1 heterocycles. The van der Waals surface area contributed by atoms with Gasteiger partial charge in [-0.25, -0.2) is 0 Å². The number of nitrogens with one attached hydrogen (secondary N) is 1. The zero-order chi connectivity index (χ0) is 11.3. The smallest absolute Gasteiger partial charge is 0.106 e. The Morgan fingerprint density at radius 2 is 2.13 bits per heavy atom. The van der Waals surface area contributed by atoms with E-state index in [0.717, 1.165) is 5.56 Å². The minimum atomic E-state index is -0.856. The van der Waals surface area contributed by atoms with Crippen molar-refractivity contribution in [2.45, 2.75) is 25.6 Å². The summed E-state index contributed by atoms with van der Waals surface area (Å²) in [4.78, 5) is 3.98. The summed E-state index contributed by atoms with van der Waals surface area (Å²) in [5, 5.41) is 22.4. The molecule has 0 aliphatic heterocycles. The maximum atomic E-state index is 9.82. The average molecular weight is 210 g/mol. The second-order valence-electron chi connectivity index (χ2n) is 3.70. The van der Waals surface area contributed by atoms with Gasteiger partial charge in [0.15, 0.2) is 0 Å². The van der Waals surface area contributed by atoms with Crippen molar-refractivity contribution in [2.24, 2.45) is 0 Å². The highest BCUT2D eigenvalue weighted by Crippen LogP contribution is 2.18. The van der Waals surface area contributed by atoms with Crippen LogP contribution in [0.25, 0.3) is 0 Å². The molecule has 1 rings (SSSR count). The number of pyridine rings is 1. The van der Waals surface area contributed by atoms with Crippen molar-refractivity contribution in [3.63, 3.8) is 0 Å². The van der Waals surface area contributed by atoms with Crippen molar-refractivity contribution in [2.75, 3.05) is 13.6 Å². The van der Waals surface area contributed by atoms with Gasteiger partial charge in [0.05, 0.1) is 6.10 Å². The summed E-state index contributed by atoms with van der Waals surface area (Å²) in [6.45, 7) is 2.58. The van der Waals surface area contributed by atoms with Crippen LogP contribution in [0.2, 0.25) is 0 Å². The lowest BCUT2D eigenvalue weighted by atomic mass is 10.0. The number of hydrogen-bond acceptors (Lipinski definition) is 4. The van der Waals surface area contributed by atoms with Crippen molar-refractivity contribution in [3.8, 4) is 0 Å². The van der Waals surface area contributed by atoms with E-state index in [4.69, 9.17) is 0 Å².